The quantitative estimate of drug-likeness (QED) is 0.569. The van der Waals surface area contributed by atoms with E-state index in [1.165, 1.54) is 4.98 Å². The first-order valence-corrected chi connectivity index (χ1v) is 9.08. The Morgan fingerprint density at radius 3 is 2.21 bits per heavy atom. The summed E-state index contributed by atoms with van der Waals surface area (Å²) in [5.41, 5.74) is -4.68. The molecule has 0 bridgehead atoms. The molecule has 0 radical (unpaired) electrons. The number of benzene rings is 2. The van der Waals surface area contributed by atoms with Gasteiger partial charge in [-0.05, 0) is 18.6 Å². The van der Waals surface area contributed by atoms with E-state index >= 15 is 0 Å². The van der Waals surface area contributed by atoms with Gasteiger partial charge >= 0.3 is 17.8 Å². The number of aromatic amines is 1. The summed E-state index contributed by atoms with van der Waals surface area (Å²) in [4.78, 5) is 26.3. The zero-order valence-corrected chi connectivity index (χ0v) is 17.0. The highest BCUT2D eigenvalue weighted by Gasteiger charge is 2.59. The number of nitriles is 1. The Kier molecular flexibility index (Phi) is 6.00. The standard InChI is InChI=1S/C21H14F5N3O4/c1-11-5-3-4-6-14(11)33-15-8-13(16(32-2)7-12(15)10-27)29-18(30)9-17(28-19(29)31)20(22,23)21(24,25)26/h3-9H,1-2H3,(H,28,31). The molecule has 3 rings (SSSR count). The molecule has 0 amide bonds. The van der Waals surface area contributed by atoms with Crippen molar-refractivity contribution in [1.82, 2.24) is 9.55 Å². The van der Waals surface area contributed by atoms with E-state index in [4.69, 9.17) is 9.47 Å². The number of aryl methyl sites for hydroxylation is 1. The minimum Gasteiger partial charge on any atom is -0.495 e. The lowest BCUT2D eigenvalue weighted by Gasteiger charge is -2.20. The van der Waals surface area contributed by atoms with Gasteiger partial charge in [0, 0.05) is 18.2 Å². The summed E-state index contributed by atoms with van der Waals surface area (Å²) in [6, 6.07) is 10.7. The molecule has 0 spiro atoms. The van der Waals surface area contributed by atoms with Crippen LogP contribution in [0.3, 0.4) is 0 Å². The first kappa shape index (κ1) is 23.5. The minimum absolute atomic E-state index is 0.0333. The molecule has 0 aliphatic heterocycles. The number of alkyl halides is 5. The van der Waals surface area contributed by atoms with Gasteiger partial charge in [-0.1, -0.05) is 18.2 Å². The van der Waals surface area contributed by atoms with Crippen LogP contribution in [0.4, 0.5) is 22.0 Å². The SMILES string of the molecule is COc1cc(C#N)c(Oc2ccccc2C)cc1-n1c(=O)cc(C(F)(F)C(F)(F)F)[nH]c1=O. The number of ether oxygens (including phenoxy) is 2. The van der Waals surface area contributed by atoms with Gasteiger partial charge in [0.1, 0.15) is 29.0 Å². The summed E-state index contributed by atoms with van der Waals surface area (Å²) < 4.78 is 76.3. The van der Waals surface area contributed by atoms with Crippen molar-refractivity contribution in [3.63, 3.8) is 0 Å². The fourth-order valence-electron chi connectivity index (χ4n) is 2.89. The number of hydrogen-bond donors (Lipinski definition) is 1. The summed E-state index contributed by atoms with van der Waals surface area (Å²) in [6.07, 6.45) is -6.03. The molecule has 0 aliphatic rings. The van der Waals surface area contributed by atoms with Crippen LogP contribution >= 0.6 is 0 Å². The lowest BCUT2D eigenvalue weighted by atomic mass is 10.1. The first-order valence-electron chi connectivity index (χ1n) is 9.08. The molecule has 0 unspecified atom stereocenters. The highest BCUT2D eigenvalue weighted by molar-refractivity contribution is 5.59. The highest BCUT2D eigenvalue weighted by Crippen LogP contribution is 2.42. The number of methoxy groups -OCH3 is 1. The smallest absolute Gasteiger partial charge is 0.459 e. The Labute approximate surface area is 182 Å². The maximum absolute atomic E-state index is 13.6. The molecule has 1 aromatic heterocycles. The molecule has 1 N–H and O–H groups in total. The average Bonchev–Trinajstić information content (AvgIpc) is 2.74. The van der Waals surface area contributed by atoms with Gasteiger partial charge in [0.05, 0.1) is 18.4 Å². The third-order valence-corrected chi connectivity index (χ3v) is 4.58. The Morgan fingerprint density at radius 1 is 1.00 bits per heavy atom. The molecule has 3 aromatic rings. The molecule has 7 nitrogen and oxygen atoms in total. The lowest BCUT2D eigenvalue weighted by molar-refractivity contribution is -0.291. The van der Waals surface area contributed by atoms with E-state index < -0.39 is 29.0 Å². The third kappa shape index (κ3) is 4.30. The van der Waals surface area contributed by atoms with Gasteiger partial charge in [0.25, 0.3) is 5.56 Å². The van der Waals surface area contributed by atoms with Gasteiger partial charge in [0.15, 0.2) is 0 Å². The van der Waals surface area contributed by atoms with E-state index in [-0.39, 0.29) is 28.8 Å². The molecule has 33 heavy (non-hydrogen) atoms. The van der Waals surface area contributed by atoms with Crippen LogP contribution in [0.2, 0.25) is 0 Å². The first-order chi connectivity index (χ1) is 15.4. The van der Waals surface area contributed by atoms with E-state index in [0.29, 0.717) is 15.9 Å². The Bertz CT molecular complexity index is 1340. The fourth-order valence-corrected chi connectivity index (χ4v) is 2.89. The largest absolute Gasteiger partial charge is 0.495 e. The maximum atomic E-state index is 13.6. The van der Waals surface area contributed by atoms with Crippen molar-refractivity contribution in [2.24, 2.45) is 0 Å². The topological polar surface area (TPSA) is 97.1 Å². The summed E-state index contributed by atoms with van der Waals surface area (Å²) >= 11 is 0. The van der Waals surface area contributed by atoms with Crippen LogP contribution < -0.4 is 20.7 Å². The van der Waals surface area contributed by atoms with Crippen LogP contribution in [0.25, 0.3) is 5.69 Å². The lowest BCUT2D eigenvalue weighted by Crippen LogP contribution is -2.41. The number of nitrogens with zero attached hydrogens (tertiary/aromatic N) is 2. The Morgan fingerprint density at radius 2 is 1.67 bits per heavy atom. The van der Waals surface area contributed by atoms with E-state index in [1.807, 2.05) is 6.07 Å². The Balaban J connectivity index is 2.23. The van der Waals surface area contributed by atoms with Gasteiger partial charge < -0.3 is 14.5 Å². The van der Waals surface area contributed by atoms with Gasteiger partial charge in [-0.3, -0.25) is 4.79 Å². The average molecular weight is 467 g/mol. The third-order valence-electron chi connectivity index (χ3n) is 4.58. The van der Waals surface area contributed by atoms with Crippen molar-refractivity contribution in [2.75, 3.05) is 7.11 Å². The van der Waals surface area contributed by atoms with E-state index in [9.17, 15) is 36.8 Å². The van der Waals surface area contributed by atoms with E-state index in [0.717, 1.165) is 19.2 Å². The molecule has 0 saturated heterocycles. The summed E-state index contributed by atoms with van der Waals surface area (Å²) in [6.45, 7) is 1.72. The van der Waals surface area contributed by atoms with Crippen molar-refractivity contribution in [3.8, 4) is 29.0 Å². The molecule has 0 saturated carbocycles. The van der Waals surface area contributed by atoms with E-state index in [1.54, 1.807) is 31.2 Å². The molecular weight excluding hydrogens is 453 g/mol. The van der Waals surface area contributed by atoms with Crippen molar-refractivity contribution in [3.05, 3.63) is 80.1 Å². The monoisotopic (exact) mass is 467 g/mol. The zero-order chi connectivity index (χ0) is 24.6. The number of halogens is 5. The molecule has 1 heterocycles. The predicted molar refractivity (Wildman–Crippen MR) is 105 cm³/mol. The van der Waals surface area contributed by atoms with Crippen LogP contribution in [0.1, 0.15) is 16.8 Å². The number of H-pyrrole nitrogens is 1. The highest BCUT2D eigenvalue weighted by atomic mass is 19.4. The number of rotatable bonds is 5. The van der Waals surface area contributed by atoms with Crippen LogP contribution in [0.15, 0.2) is 52.1 Å². The van der Waals surface area contributed by atoms with Crippen molar-refractivity contribution < 1.29 is 31.4 Å². The minimum atomic E-state index is -6.03. The maximum Gasteiger partial charge on any atom is 0.459 e. The Hall–Kier alpha value is -4.14. The number of nitrogens with one attached hydrogen (secondary N) is 1. The molecular formula is C21H14F5N3O4. The van der Waals surface area contributed by atoms with E-state index in [2.05, 4.69) is 0 Å². The molecule has 0 fully saturated rings. The van der Waals surface area contributed by atoms with Crippen LogP contribution in [-0.2, 0) is 5.92 Å². The van der Waals surface area contributed by atoms with Crippen LogP contribution in [-0.4, -0.2) is 22.8 Å². The summed E-state index contributed by atoms with van der Waals surface area (Å²) in [5, 5.41) is 9.45. The number of hydrogen-bond acceptors (Lipinski definition) is 5. The summed E-state index contributed by atoms with van der Waals surface area (Å²) in [7, 11) is 1.15. The molecule has 0 aliphatic carbocycles. The molecule has 2 aromatic carbocycles. The zero-order valence-electron chi connectivity index (χ0n) is 17.0. The van der Waals surface area contributed by atoms with Gasteiger partial charge in [-0.2, -0.15) is 27.2 Å². The van der Waals surface area contributed by atoms with Gasteiger partial charge in [-0.25, -0.2) is 9.36 Å². The van der Waals surface area contributed by atoms with Crippen LogP contribution in [0.5, 0.6) is 17.2 Å². The van der Waals surface area contributed by atoms with Gasteiger partial charge in [0.2, 0.25) is 0 Å². The van der Waals surface area contributed by atoms with Gasteiger partial charge in [-0.15, -0.1) is 0 Å². The molecule has 0 atom stereocenters. The van der Waals surface area contributed by atoms with Crippen molar-refractivity contribution >= 4 is 0 Å². The molecule has 12 heteroatoms. The number of para-hydroxylation sites is 1. The van der Waals surface area contributed by atoms with Crippen molar-refractivity contribution in [2.45, 2.75) is 19.0 Å². The van der Waals surface area contributed by atoms with Crippen molar-refractivity contribution in [1.29, 1.82) is 5.26 Å². The second-order valence-electron chi connectivity index (χ2n) is 6.73. The van der Waals surface area contributed by atoms with Crippen LogP contribution in [0, 0.1) is 18.3 Å². The normalized spacial score (nSPS) is 11.7. The predicted octanol–water partition coefficient (Wildman–Crippen LogP) is 4.16. The second-order valence-corrected chi connectivity index (χ2v) is 6.73. The second kappa shape index (κ2) is 8.42. The summed E-state index contributed by atoms with van der Waals surface area (Å²) in [5.74, 6) is -5.44. The fraction of sp³-hybridized carbons (Fsp3) is 0.190. The molecule has 172 valence electrons. The number of aromatic nitrogens is 2.